The van der Waals surface area contributed by atoms with Gasteiger partial charge < -0.3 is 40.0 Å². The summed E-state index contributed by atoms with van der Waals surface area (Å²) in [5.41, 5.74) is 21.7. The molecule has 14 aromatic rings. The molecule has 0 aliphatic carbocycles. The van der Waals surface area contributed by atoms with Gasteiger partial charge >= 0.3 is 143 Å². The van der Waals surface area contributed by atoms with E-state index >= 15 is 0 Å². The van der Waals surface area contributed by atoms with Gasteiger partial charge in [0.2, 0.25) is 0 Å². The van der Waals surface area contributed by atoms with Gasteiger partial charge in [-0.2, -0.15) is 0 Å². The quantitative estimate of drug-likeness (QED) is 0.0351. The molecule has 0 saturated carbocycles. The molecule has 4 N–H and O–H groups in total. The predicted molar refractivity (Wildman–Crippen MR) is 585 cm³/mol. The Morgan fingerprint density at radius 3 is 0.993 bits per heavy atom. The van der Waals surface area contributed by atoms with Gasteiger partial charge in [0, 0.05) is 137 Å². The van der Waals surface area contributed by atoms with Crippen LogP contribution < -0.4 is 62.0 Å². The predicted octanol–water partition coefficient (Wildman–Crippen LogP) is 27.9. The molecule has 8 nitrogen and oxygen atoms in total. The molecule has 4 aliphatic heterocycles. The van der Waals surface area contributed by atoms with Crippen molar-refractivity contribution in [3.8, 4) is 23.0 Å². The van der Waals surface area contributed by atoms with Crippen molar-refractivity contribution < 1.29 is 92.9 Å². The third-order valence-corrected chi connectivity index (χ3v) is 29.9. The average Bonchev–Trinajstić information content (AvgIpc) is 0.804. The summed E-state index contributed by atoms with van der Waals surface area (Å²) in [6.07, 6.45) is 19.9. The van der Waals surface area contributed by atoms with Crippen molar-refractivity contribution in [3.05, 3.63) is 405 Å². The Bertz CT molecular complexity index is 5890. The van der Waals surface area contributed by atoms with E-state index in [-0.39, 0.29) is 14.4 Å². The molecule has 4 atom stereocenters. The molecular weight excluding hydrogens is 2080 g/mol. The fourth-order valence-corrected chi connectivity index (χ4v) is 23.1. The van der Waals surface area contributed by atoms with Gasteiger partial charge in [0.1, 0.15) is 28.8 Å². The topological polar surface area (TPSA) is 93.9 Å². The van der Waals surface area contributed by atoms with E-state index in [2.05, 4.69) is 276 Å². The fourth-order valence-electron chi connectivity index (χ4n) is 17.7. The van der Waals surface area contributed by atoms with Gasteiger partial charge in [0.25, 0.3) is 0 Å². The Morgan fingerprint density at radius 1 is 0.248 bits per heavy atom. The van der Waals surface area contributed by atoms with Crippen molar-refractivity contribution in [2.24, 2.45) is 0 Å². The van der Waals surface area contributed by atoms with E-state index in [1.165, 1.54) is 158 Å². The van der Waals surface area contributed by atoms with Crippen LogP contribution >= 0.6 is 109 Å². The Balaban J connectivity index is 0.000000169. The number of halogens is 9. The first-order chi connectivity index (χ1) is 67.0. The second-order valence-electron chi connectivity index (χ2n) is 34.1. The van der Waals surface area contributed by atoms with E-state index in [1.54, 1.807) is 12.1 Å². The summed E-state index contributed by atoms with van der Waals surface area (Å²) < 4.78 is 14.3. The van der Waals surface area contributed by atoms with Crippen LogP contribution in [0.2, 0.25) is 0 Å². The molecule has 0 spiro atoms. The third kappa shape index (κ3) is 37.1. The van der Waals surface area contributed by atoms with E-state index < -0.39 is 68.1 Å². The molecule has 710 valence electrons. The van der Waals surface area contributed by atoms with Crippen molar-refractivity contribution >= 4 is 174 Å². The Kier molecular flexibility index (Phi) is 51.2. The van der Waals surface area contributed by atoms with Gasteiger partial charge in [-0.15, -0.1) is 0 Å². The standard InChI is InChI=1S/C31H31FNOP.C31H32NOP.2C25H28NOP.8ClH.4Ti/c32-27-14-15-29(28(22-27)33-16-8-3-9-17-33)35-30-21-25(18-23-10-4-1-5-11-23)20-26(31(30)34)19-24-12-6-2-7-13-24;33-31-27(21-25-14-6-2-7-15-25)22-26(20-24-12-4-1-5-13-24)23-30(31)34-29-17-9-8-16-28(29)32-18-10-3-11-19-32;1-19-10-8-14-22(26-16-6-3-7-17-26)25(19)28-23-15-9-13-21(24(23)27)18-20-11-4-2-5-12-20;1-19-10-13-24(22(16-19)26-14-6-3-7-15-26)28-25-18-21(11-12-23(25)27)17-20-8-4-2-5-9-20;;;;;;;;;;;;/h1-2,4-7,10-15,20-22,34-35H,3,8-9,16-19H2;1-2,4-9,12-17,22-23,33-34H,3,10-11,18-21H2;2,4-5,8-15,27-28H,3,6-7,16-18H2,1H3;2,4-5,8-13,16,18,27-28H,3,6-7,14-15,17H2,1H3;8*1H;;;;/q;;;;;;;;;;;;4*+2/p-8. The number of hydrogen-bond donors (Lipinski definition) is 4. The van der Waals surface area contributed by atoms with Crippen LogP contribution in [0, 0.1) is 19.7 Å². The molecule has 25 heteroatoms. The molecule has 0 amide bonds. The minimum atomic E-state index is -0.556. The van der Waals surface area contributed by atoms with E-state index in [4.69, 9.17) is 74.4 Å². The molecule has 18 rings (SSSR count). The molecule has 4 aliphatic rings. The molecule has 4 unspecified atom stereocenters. The number of para-hydroxylation sites is 2. The van der Waals surface area contributed by atoms with Crippen LogP contribution in [-0.2, 0) is 107 Å². The maximum atomic E-state index is 14.3. The zero-order valence-electron chi connectivity index (χ0n) is 77.5. The van der Waals surface area contributed by atoms with Gasteiger partial charge in [-0.25, -0.2) is 4.39 Å². The summed E-state index contributed by atoms with van der Waals surface area (Å²) in [6.45, 7) is 13.1. The van der Waals surface area contributed by atoms with E-state index in [0.29, 0.717) is 55.2 Å². The first-order valence-electron chi connectivity index (χ1n) is 46.6. The summed E-state index contributed by atoms with van der Waals surface area (Å²) in [7, 11) is 40.7. The summed E-state index contributed by atoms with van der Waals surface area (Å²) >= 11 is -2.22. The second-order valence-corrected chi connectivity index (χ2v) is 49.7. The van der Waals surface area contributed by atoms with Crippen molar-refractivity contribution in [2.45, 2.75) is 129 Å². The first-order valence-corrected chi connectivity index (χ1v) is 67.8. The molecule has 0 radical (unpaired) electrons. The summed E-state index contributed by atoms with van der Waals surface area (Å²) in [5, 5.41) is 53.4. The molecule has 4 heterocycles. The van der Waals surface area contributed by atoms with Gasteiger partial charge in [-0.3, -0.25) is 0 Å². The van der Waals surface area contributed by atoms with Crippen molar-refractivity contribution in [2.75, 3.05) is 72.0 Å². The third-order valence-electron chi connectivity index (χ3n) is 24.3. The molecule has 0 bridgehead atoms. The number of aromatic hydroxyl groups is 4. The Hall–Kier alpha value is -5.69. The van der Waals surface area contributed by atoms with Gasteiger partial charge in [-0.05, 0) is 249 Å². The minimum absolute atomic E-state index is 0.203. The van der Waals surface area contributed by atoms with Gasteiger partial charge in [0.15, 0.2) is 0 Å². The SMILES string of the molecule is Cc1ccc(Pc2cc(Cc3ccccc3)ccc2O)c(N2CCCCC2)c1.Cc1cccc(N2CCCCC2)c1Pc1cccc(Cc2ccccc2)c1O.Oc1c(Cc2ccccc2)cc(Cc2ccccc2)cc1Pc1ccc(F)cc1N1CCCCC1.Oc1c(Cc2ccccc2)cc(Cc2ccccc2)cc1Pc1ccccc1N1CCCCC1.[Cl][Ti][Cl].[Cl][Ti][Cl].[Cl][Ti][Cl].[Cl][Ti][Cl]. The molecule has 14 aromatic carbocycles. The number of nitrogens with zero attached hydrogens (tertiary/aromatic N) is 4. The summed E-state index contributed by atoms with van der Waals surface area (Å²) in [4.78, 5) is 9.90. The van der Waals surface area contributed by atoms with Crippen molar-refractivity contribution in [1.82, 2.24) is 0 Å². The Labute approximate surface area is 886 Å². The van der Waals surface area contributed by atoms with E-state index in [1.807, 2.05) is 66.7 Å². The molecule has 0 aromatic heterocycles. The molecule has 137 heavy (non-hydrogen) atoms. The maximum absolute atomic E-state index is 14.3. The van der Waals surface area contributed by atoms with Gasteiger partial charge in [0.05, 0.1) is 0 Å². The van der Waals surface area contributed by atoms with E-state index in [9.17, 15) is 24.8 Å². The molecular formula is C112H119Cl8FN4O4P4Ti4. The van der Waals surface area contributed by atoms with Crippen LogP contribution in [0.25, 0.3) is 0 Å². The van der Waals surface area contributed by atoms with Crippen LogP contribution in [0.3, 0.4) is 0 Å². The monoisotopic (exact) mass is 2200 g/mol. The first kappa shape index (κ1) is 112. The average molecular weight is 2200 g/mol. The van der Waals surface area contributed by atoms with Crippen LogP contribution in [0.1, 0.15) is 155 Å². The zero-order chi connectivity index (χ0) is 96.7. The number of phenols is 4. The molecule has 4 saturated heterocycles. The number of aryl methyl sites for hydroxylation is 2. The zero-order valence-corrected chi connectivity index (χ0v) is 93.8. The van der Waals surface area contributed by atoms with Crippen LogP contribution in [0.4, 0.5) is 27.1 Å². The molecule has 4 fully saturated rings. The summed E-state index contributed by atoms with van der Waals surface area (Å²) in [5.74, 6) is 1.47. The number of hydrogen-bond acceptors (Lipinski definition) is 8. The van der Waals surface area contributed by atoms with Crippen LogP contribution in [-0.4, -0.2) is 72.8 Å². The number of benzene rings is 14. The number of piperidine rings is 4. The van der Waals surface area contributed by atoms with Crippen LogP contribution in [0.15, 0.2) is 322 Å². The van der Waals surface area contributed by atoms with Crippen LogP contribution in [0.5, 0.6) is 23.0 Å². The van der Waals surface area contributed by atoms with Crippen molar-refractivity contribution in [3.63, 3.8) is 0 Å². The number of anilines is 4. The van der Waals surface area contributed by atoms with Crippen molar-refractivity contribution in [1.29, 1.82) is 0 Å². The van der Waals surface area contributed by atoms with E-state index in [0.717, 1.165) is 146 Å². The second kappa shape index (κ2) is 62.8. The fraction of sp³-hybridized carbons (Fsp3) is 0.250. The summed E-state index contributed by atoms with van der Waals surface area (Å²) in [6, 6.07) is 111. The number of phenolic OH excluding ortho intramolecular Hbond substituents is 4. The normalized spacial score (nSPS) is 13.5. The number of rotatable bonds is 24. The Morgan fingerprint density at radius 2 is 0.562 bits per heavy atom. The van der Waals surface area contributed by atoms with Gasteiger partial charge in [-0.1, -0.05) is 295 Å².